The summed E-state index contributed by atoms with van der Waals surface area (Å²) < 4.78 is 13.5. The summed E-state index contributed by atoms with van der Waals surface area (Å²) in [5.41, 5.74) is 1.78. The lowest BCUT2D eigenvalue weighted by atomic mass is 10.1. The average molecular weight is 358 g/mol. The summed E-state index contributed by atoms with van der Waals surface area (Å²) >= 11 is 0. The quantitative estimate of drug-likeness (QED) is 0.910. The van der Waals surface area contributed by atoms with Gasteiger partial charge in [0.1, 0.15) is 11.6 Å². The Morgan fingerprint density at radius 2 is 2.00 bits per heavy atom. The van der Waals surface area contributed by atoms with Crippen molar-refractivity contribution >= 4 is 5.91 Å². The van der Waals surface area contributed by atoms with E-state index >= 15 is 0 Å². The Bertz CT molecular complexity index is 865. The molecule has 1 saturated heterocycles. The first-order chi connectivity index (χ1) is 12.4. The molecule has 0 aliphatic carbocycles. The number of nitrogens with one attached hydrogen (secondary N) is 1. The van der Waals surface area contributed by atoms with Crippen LogP contribution in [0.4, 0.5) is 4.39 Å². The molecule has 2 aromatic rings. The molecule has 0 radical (unpaired) electrons. The minimum Gasteiger partial charge on any atom is -0.337 e. The van der Waals surface area contributed by atoms with Crippen molar-refractivity contribution in [3.05, 3.63) is 63.1 Å². The fraction of sp³-hybridized carbons (Fsp3) is 0.421. The van der Waals surface area contributed by atoms with E-state index in [-0.39, 0.29) is 11.5 Å². The summed E-state index contributed by atoms with van der Waals surface area (Å²) in [6, 6.07) is 5.82. The predicted molar refractivity (Wildman–Crippen MR) is 96.5 cm³/mol. The fourth-order valence-electron chi connectivity index (χ4n) is 3.28. The second-order valence-electron chi connectivity index (χ2n) is 6.70. The molecule has 1 amide bonds. The molecule has 1 N–H and O–H groups in total. The number of aromatic nitrogens is 2. The van der Waals surface area contributed by atoms with E-state index in [0.29, 0.717) is 37.6 Å². The third-order valence-electron chi connectivity index (χ3n) is 4.60. The van der Waals surface area contributed by atoms with Gasteiger partial charge in [-0.2, -0.15) is 0 Å². The molecule has 26 heavy (non-hydrogen) atoms. The van der Waals surface area contributed by atoms with Gasteiger partial charge in [-0.05, 0) is 38.0 Å². The van der Waals surface area contributed by atoms with Gasteiger partial charge in [-0.3, -0.25) is 14.5 Å². The number of H-pyrrole nitrogens is 1. The van der Waals surface area contributed by atoms with Crippen LogP contribution in [0.15, 0.2) is 29.1 Å². The first-order valence-electron chi connectivity index (χ1n) is 8.77. The van der Waals surface area contributed by atoms with Crippen LogP contribution in [0.5, 0.6) is 0 Å². The number of carbonyl (C=O) groups excluding carboxylic acids is 1. The fourth-order valence-corrected chi connectivity index (χ4v) is 3.28. The number of rotatable bonds is 3. The van der Waals surface area contributed by atoms with Crippen molar-refractivity contribution < 1.29 is 9.18 Å². The number of halogens is 1. The molecule has 138 valence electrons. The Hall–Kier alpha value is -2.54. The molecular weight excluding hydrogens is 335 g/mol. The standard InChI is InChI=1S/C19H23FN4O2/c1-13-4-5-15(20)10-17(13)19(26)24-7-3-6-23(8-9-24)12-16-11-18(25)22-14(2)21-16/h4-5,10-11H,3,6-9,12H2,1-2H3,(H,21,22,25). The van der Waals surface area contributed by atoms with Crippen molar-refractivity contribution in [2.24, 2.45) is 0 Å². The summed E-state index contributed by atoms with van der Waals surface area (Å²) in [5.74, 6) is 0.0702. The molecule has 3 rings (SSSR count). The molecule has 0 atom stereocenters. The Morgan fingerprint density at radius 1 is 1.19 bits per heavy atom. The van der Waals surface area contributed by atoms with Gasteiger partial charge in [-0.25, -0.2) is 9.37 Å². The summed E-state index contributed by atoms with van der Waals surface area (Å²) in [6.07, 6.45) is 0.822. The van der Waals surface area contributed by atoms with E-state index in [0.717, 1.165) is 24.2 Å². The second-order valence-corrected chi connectivity index (χ2v) is 6.70. The summed E-state index contributed by atoms with van der Waals surface area (Å²) in [6.45, 7) is 6.86. The van der Waals surface area contributed by atoms with Gasteiger partial charge in [0, 0.05) is 44.4 Å². The maximum absolute atomic E-state index is 13.5. The van der Waals surface area contributed by atoms with Gasteiger partial charge < -0.3 is 9.88 Å². The summed E-state index contributed by atoms with van der Waals surface area (Å²) in [4.78, 5) is 35.3. The van der Waals surface area contributed by atoms with Crippen LogP contribution < -0.4 is 5.56 Å². The van der Waals surface area contributed by atoms with Crippen molar-refractivity contribution in [1.29, 1.82) is 0 Å². The lowest BCUT2D eigenvalue weighted by Gasteiger charge is -2.22. The van der Waals surface area contributed by atoms with Crippen molar-refractivity contribution in [2.75, 3.05) is 26.2 Å². The zero-order valence-electron chi connectivity index (χ0n) is 15.1. The van der Waals surface area contributed by atoms with E-state index in [1.807, 2.05) is 6.92 Å². The van der Waals surface area contributed by atoms with Gasteiger partial charge in [-0.1, -0.05) is 6.07 Å². The first kappa shape index (κ1) is 18.3. The number of nitrogens with zero attached hydrogens (tertiary/aromatic N) is 3. The third-order valence-corrected chi connectivity index (χ3v) is 4.60. The van der Waals surface area contributed by atoms with Gasteiger partial charge >= 0.3 is 0 Å². The van der Waals surface area contributed by atoms with Crippen LogP contribution in [0.3, 0.4) is 0 Å². The minimum absolute atomic E-state index is 0.131. The van der Waals surface area contributed by atoms with E-state index in [1.165, 1.54) is 18.2 Å². The number of aryl methyl sites for hydroxylation is 2. The highest BCUT2D eigenvalue weighted by Gasteiger charge is 2.22. The highest BCUT2D eigenvalue weighted by Crippen LogP contribution is 2.15. The molecule has 1 fully saturated rings. The highest BCUT2D eigenvalue weighted by molar-refractivity contribution is 5.95. The maximum atomic E-state index is 13.5. The normalized spacial score (nSPS) is 15.7. The molecule has 0 bridgehead atoms. The van der Waals surface area contributed by atoms with Crippen LogP contribution in [0.25, 0.3) is 0 Å². The molecule has 1 aromatic carbocycles. The summed E-state index contributed by atoms with van der Waals surface area (Å²) in [5, 5.41) is 0. The van der Waals surface area contributed by atoms with Crippen molar-refractivity contribution in [3.63, 3.8) is 0 Å². The molecule has 1 aliphatic rings. The molecule has 6 nitrogen and oxygen atoms in total. The van der Waals surface area contributed by atoms with E-state index in [4.69, 9.17) is 0 Å². The number of aromatic amines is 1. The maximum Gasteiger partial charge on any atom is 0.254 e. The zero-order valence-corrected chi connectivity index (χ0v) is 15.1. The molecule has 7 heteroatoms. The Kier molecular flexibility index (Phi) is 5.46. The van der Waals surface area contributed by atoms with Crippen LogP contribution >= 0.6 is 0 Å². The number of amides is 1. The molecule has 2 heterocycles. The lowest BCUT2D eigenvalue weighted by Crippen LogP contribution is -2.35. The van der Waals surface area contributed by atoms with Gasteiger partial charge in [0.15, 0.2) is 0 Å². The second kappa shape index (κ2) is 7.78. The highest BCUT2D eigenvalue weighted by atomic mass is 19.1. The molecule has 0 spiro atoms. The SMILES string of the molecule is Cc1nc(CN2CCCN(C(=O)c3cc(F)ccc3C)CC2)cc(=O)[nH]1. The molecule has 0 saturated carbocycles. The van der Waals surface area contributed by atoms with Crippen molar-refractivity contribution in [2.45, 2.75) is 26.8 Å². The number of hydrogen-bond acceptors (Lipinski definition) is 4. The van der Waals surface area contributed by atoms with Gasteiger partial charge in [0.2, 0.25) is 0 Å². The van der Waals surface area contributed by atoms with Crippen LogP contribution in [0.2, 0.25) is 0 Å². The van der Waals surface area contributed by atoms with Crippen molar-refractivity contribution in [3.8, 4) is 0 Å². The van der Waals surface area contributed by atoms with Crippen LogP contribution in [0.1, 0.15) is 33.9 Å². The number of hydrogen-bond donors (Lipinski definition) is 1. The van der Waals surface area contributed by atoms with E-state index in [1.54, 1.807) is 17.9 Å². The summed E-state index contributed by atoms with van der Waals surface area (Å²) in [7, 11) is 0. The van der Waals surface area contributed by atoms with Crippen LogP contribution in [-0.2, 0) is 6.54 Å². The molecule has 0 unspecified atom stereocenters. The van der Waals surface area contributed by atoms with Gasteiger partial charge in [0.25, 0.3) is 11.5 Å². The zero-order chi connectivity index (χ0) is 18.7. The van der Waals surface area contributed by atoms with Crippen LogP contribution in [0, 0.1) is 19.7 Å². The molecule has 1 aromatic heterocycles. The molecular formula is C19H23FN4O2. The van der Waals surface area contributed by atoms with Gasteiger partial charge in [0.05, 0.1) is 5.69 Å². The average Bonchev–Trinajstić information content (AvgIpc) is 2.81. The lowest BCUT2D eigenvalue weighted by molar-refractivity contribution is 0.0760. The number of carbonyl (C=O) groups is 1. The predicted octanol–water partition coefficient (Wildman–Crippen LogP) is 1.87. The van der Waals surface area contributed by atoms with E-state index in [2.05, 4.69) is 14.9 Å². The van der Waals surface area contributed by atoms with Gasteiger partial charge in [-0.15, -0.1) is 0 Å². The molecule has 1 aliphatic heterocycles. The smallest absolute Gasteiger partial charge is 0.254 e. The Morgan fingerprint density at radius 3 is 2.77 bits per heavy atom. The number of benzene rings is 1. The monoisotopic (exact) mass is 358 g/mol. The van der Waals surface area contributed by atoms with E-state index in [9.17, 15) is 14.0 Å². The Labute approximate surface area is 151 Å². The minimum atomic E-state index is -0.397. The Balaban J connectivity index is 1.67. The van der Waals surface area contributed by atoms with E-state index < -0.39 is 5.82 Å². The topological polar surface area (TPSA) is 69.3 Å². The largest absolute Gasteiger partial charge is 0.337 e. The third kappa shape index (κ3) is 4.35. The van der Waals surface area contributed by atoms with Crippen LogP contribution in [-0.4, -0.2) is 51.9 Å². The van der Waals surface area contributed by atoms with Crippen molar-refractivity contribution in [1.82, 2.24) is 19.8 Å². The first-order valence-corrected chi connectivity index (χ1v) is 8.77.